The lowest BCUT2D eigenvalue weighted by Crippen LogP contribution is -2.72. The third-order valence-electron chi connectivity index (χ3n) is 3.83. The van der Waals surface area contributed by atoms with Gasteiger partial charge in [0.05, 0.1) is 5.56 Å². The van der Waals surface area contributed by atoms with Gasteiger partial charge < -0.3 is 10.6 Å². The van der Waals surface area contributed by atoms with Gasteiger partial charge in [0.2, 0.25) is 5.91 Å². The van der Waals surface area contributed by atoms with Gasteiger partial charge in [0.15, 0.2) is 0 Å². The van der Waals surface area contributed by atoms with Crippen LogP contribution in [0.1, 0.15) is 25.8 Å². The summed E-state index contributed by atoms with van der Waals surface area (Å²) in [7, 11) is 0. The molecule has 1 aromatic carbocycles. The highest BCUT2D eigenvalue weighted by Gasteiger charge is 2.73. The second-order valence-electron chi connectivity index (χ2n) is 5.86. The SMILES string of the molecule is CCC(C)C(=O)NC(Nc1ccc(Cl)cc1C(F)(F)F)(C(F)(F)F)C(F)(F)F. The summed E-state index contributed by atoms with van der Waals surface area (Å²) in [4.78, 5) is 11.8. The van der Waals surface area contributed by atoms with E-state index in [0.717, 1.165) is 17.6 Å². The maximum atomic E-state index is 13.5. The molecular weight excluding hydrogens is 431 g/mol. The topological polar surface area (TPSA) is 41.1 Å². The van der Waals surface area contributed by atoms with Crippen molar-refractivity contribution in [2.45, 2.75) is 44.5 Å². The monoisotopic (exact) mass is 444 g/mol. The number of halogens is 10. The van der Waals surface area contributed by atoms with Gasteiger partial charge in [0.25, 0.3) is 0 Å². The number of anilines is 1. The Morgan fingerprint density at radius 1 is 1.04 bits per heavy atom. The first kappa shape index (κ1) is 24.2. The third-order valence-corrected chi connectivity index (χ3v) is 4.07. The fourth-order valence-electron chi connectivity index (χ4n) is 2.03. The average molecular weight is 445 g/mol. The Balaban J connectivity index is 3.65. The molecule has 0 aromatic heterocycles. The van der Waals surface area contributed by atoms with Crippen molar-refractivity contribution in [2.24, 2.45) is 5.92 Å². The van der Waals surface area contributed by atoms with Crippen molar-refractivity contribution in [1.82, 2.24) is 5.32 Å². The molecule has 0 saturated heterocycles. The van der Waals surface area contributed by atoms with Gasteiger partial charge in [-0.25, -0.2) is 0 Å². The number of benzene rings is 1. The van der Waals surface area contributed by atoms with Crippen molar-refractivity contribution < 1.29 is 44.3 Å². The molecule has 0 radical (unpaired) electrons. The van der Waals surface area contributed by atoms with Gasteiger partial charge >= 0.3 is 24.2 Å². The van der Waals surface area contributed by atoms with Crippen LogP contribution in [-0.2, 0) is 11.0 Å². The minimum absolute atomic E-state index is 0.105. The van der Waals surface area contributed by atoms with E-state index in [0.29, 0.717) is 12.1 Å². The number of alkyl halides is 9. The number of nitrogens with one attached hydrogen (secondary N) is 2. The second kappa shape index (κ2) is 7.88. The summed E-state index contributed by atoms with van der Waals surface area (Å²) < 4.78 is 120. The molecule has 0 aliphatic carbocycles. The molecular formula is C15H14ClF9N2O. The van der Waals surface area contributed by atoms with Crippen LogP contribution in [0.25, 0.3) is 0 Å². The Hall–Kier alpha value is -1.85. The molecule has 160 valence electrons. The summed E-state index contributed by atoms with van der Waals surface area (Å²) in [5.74, 6) is -2.91. The lowest BCUT2D eigenvalue weighted by molar-refractivity contribution is -0.296. The molecule has 1 aromatic rings. The maximum Gasteiger partial charge on any atom is 0.439 e. The summed E-state index contributed by atoms with van der Waals surface area (Å²) >= 11 is 5.38. The predicted molar refractivity (Wildman–Crippen MR) is 82.5 cm³/mol. The van der Waals surface area contributed by atoms with Gasteiger partial charge in [-0.15, -0.1) is 0 Å². The van der Waals surface area contributed by atoms with E-state index in [-0.39, 0.29) is 12.5 Å². The van der Waals surface area contributed by atoms with E-state index in [1.807, 2.05) is 0 Å². The molecule has 0 aliphatic heterocycles. The Labute approximate surface area is 158 Å². The summed E-state index contributed by atoms with van der Waals surface area (Å²) in [6.45, 7) is 2.40. The highest BCUT2D eigenvalue weighted by molar-refractivity contribution is 6.30. The van der Waals surface area contributed by atoms with Crippen molar-refractivity contribution in [3.8, 4) is 0 Å². The smallest absolute Gasteiger partial charge is 0.347 e. The van der Waals surface area contributed by atoms with Crippen LogP contribution in [0.4, 0.5) is 45.2 Å². The van der Waals surface area contributed by atoms with Crippen molar-refractivity contribution in [1.29, 1.82) is 0 Å². The number of hydrogen-bond donors (Lipinski definition) is 2. The first-order valence-electron chi connectivity index (χ1n) is 7.56. The maximum absolute atomic E-state index is 13.5. The zero-order chi connectivity index (χ0) is 22.1. The highest BCUT2D eigenvalue weighted by Crippen LogP contribution is 2.46. The van der Waals surface area contributed by atoms with Gasteiger partial charge in [0.1, 0.15) is 0 Å². The van der Waals surface area contributed by atoms with E-state index in [4.69, 9.17) is 11.6 Å². The molecule has 0 heterocycles. The van der Waals surface area contributed by atoms with E-state index >= 15 is 0 Å². The van der Waals surface area contributed by atoms with Crippen LogP contribution in [0.15, 0.2) is 18.2 Å². The second-order valence-corrected chi connectivity index (χ2v) is 6.29. The van der Waals surface area contributed by atoms with Crippen LogP contribution in [0, 0.1) is 5.92 Å². The molecule has 0 fully saturated rings. The van der Waals surface area contributed by atoms with Gasteiger partial charge in [-0.3, -0.25) is 4.79 Å². The fourth-order valence-corrected chi connectivity index (χ4v) is 2.20. The Kier molecular flexibility index (Phi) is 6.81. The number of hydrogen-bond acceptors (Lipinski definition) is 2. The predicted octanol–water partition coefficient (Wildman–Crippen LogP) is 5.75. The zero-order valence-corrected chi connectivity index (χ0v) is 15.0. The lowest BCUT2D eigenvalue weighted by atomic mass is 10.0. The number of carbonyl (C=O) groups excluding carboxylic acids is 1. The van der Waals surface area contributed by atoms with E-state index in [1.165, 1.54) is 6.92 Å². The molecule has 13 heteroatoms. The average Bonchev–Trinajstić information content (AvgIpc) is 2.51. The van der Waals surface area contributed by atoms with Crippen LogP contribution in [-0.4, -0.2) is 23.9 Å². The number of amides is 1. The van der Waals surface area contributed by atoms with Crippen LogP contribution in [0.2, 0.25) is 5.02 Å². The van der Waals surface area contributed by atoms with Crippen LogP contribution in [0.3, 0.4) is 0 Å². The summed E-state index contributed by atoms with van der Waals surface area (Å²) in [6.07, 6.45) is -17.9. The van der Waals surface area contributed by atoms with E-state index in [2.05, 4.69) is 0 Å². The number of rotatable bonds is 5. The minimum atomic E-state index is -6.24. The Bertz CT molecular complexity index is 699. The molecule has 28 heavy (non-hydrogen) atoms. The van der Waals surface area contributed by atoms with Crippen molar-refractivity contribution in [3.63, 3.8) is 0 Å². The summed E-state index contributed by atoms with van der Waals surface area (Å²) in [5, 5.41) is 1.06. The van der Waals surface area contributed by atoms with Gasteiger partial charge in [-0.1, -0.05) is 25.4 Å². The molecule has 0 saturated carbocycles. The lowest BCUT2D eigenvalue weighted by Gasteiger charge is -2.40. The zero-order valence-electron chi connectivity index (χ0n) is 14.2. The van der Waals surface area contributed by atoms with Crippen LogP contribution < -0.4 is 10.6 Å². The Morgan fingerprint density at radius 2 is 1.54 bits per heavy atom. The summed E-state index contributed by atoms with van der Waals surface area (Å²) in [6, 6.07) is 1.15. The fraction of sp³-hybridized carbons (Fsp3) is 0.533. The number of carbonyl (C=O) groups is 1. The van der Waals surface area contributed by atoms with Gasteiger partial charge in [-0.2, -0.15) is 39.5 Å². The quantitative estimate of drug-likeness (QED) is 0.448. The molecule has 3 nitrogen and oxygen atoms in total. The molecule has 1 unspecified atom stereocenters. The van der Waals surface area contributed by atoms with Crippen molar-refractivity contribution in [3.05, 3.63) is 28.8 Å². The van der Waals surface area contributed by atoms with Gasteiger partial charge in [-0.05, 0) is 24.6 Å². The largest absolute Gasteiger partial charge is 0.439 e. The first-order chi connectivity index (χ1) is 12.5. The van der Waals surface area contributed by atoms with Crippen LogP contribution >= 0.6 is 11.6 Å². The molecule has 0 bridgehead atoms. The standard InChI is InChI=1S/C15H14ClF9N2O/c1-3-7(2)11(28)27-13(14(20,21)22,15(23,24)25)26-10-5-4-8(16)6-9(10)12(17,18)19/h4-7,26H,3H2,1-2H3,(H,27,28). The van der Waals surface area contributed by atoms with Crippen molar-refractivity contribution >= 4 is 23.2 Å². The normalized spacial score (nSPS) is 14.6. The Morgan fingerprint density at radius 3 is 1.93 bits per heavy atom. The van der Waals surface area contributed by atoms with E-state index in [9.17, 15) is 44.3 Å². The van der Waals surface area contributed by atoms with Crippen LogP contribution in [0.5, 0.6) is 0 Å². The molecule has 0 aliphatic rings. The molecule has 1 atom stereocenters. The minimum Gasteiger partial charge on any atom is -0.347 e. The van der Waals surface area contributed by atoms with E-state index < -0.39 is 52.3 Å². The molecule has 0 spiro atoms. The van der Waals surface area contributed by atoms with Gasteiger partial charge in [0, 0.05) is 16.6 Å². The highest BCUT2D eigenvalue weighted by atomic mass is 35.5. The molecule has 2 N–H and O–H groups in total. The summed E-state index contributed by atoms with van der Waals surface area (Å²) in [5.41, 5.74) is -8.58. The molecule has 1 amide bonds. The first-order valence-corrected chi connectivity index (χ1v) is 7.94. The third kappa shape index (κ3) is 4.95. The van der Waals surface area contributed by atoms with Crippen molar-refractivity contribution in [2.75, 3.05) is 5.32 Å². The van der Waals surface area contributed by atoms with E-state index in [1.54, 1.807) is 0 Å². The molecule has 1 rings (SSSR count).